The lowest BCUT2D eigenvalue weighted by Gasteiger charge is -2.14. The zero-order valence-corrected chi connectivity index (χ0v) is 16.9. The first-order valence-electron chi connectivity index (χ1n) is 9.50. The summed E-state index contributed by atoms with van der Waals surface area (Å²) >= 11 is 0. The lowest BCUT2D eigenvalue weighted by Crippen LogP contribution is -2.33. The second kappa shape index (κ2) is 9.07. The molecule has 0 bridgehead atoms. The third kappa shape index (κ3) is 5.75. The molecule has 8 heteroatoms. The minimum absolute atomic E-state index is 0.0697. The number of nitrogens with one attached hydrogen (secondary N) is 2. The predicted molar refractivity (Wildman–Crippen MR) is 112 cm³/mol. The van der Waals surface area contributed by atoms with Crippen LogP contribution in [0.4, 0.5) is 18.9 Å². The van der Waals surface area contributed by atoms with Crippen molar-refractivity contribution in [2.75, 3.05) is 19.0 Å². The van der Waals surface area contributed by atoms with Gasteiger partial charge in [-0.1, -0.05) is 24.3 Å². The molecule has 5 nitrogen and oxygen atoms in total. The van der Waals surface area contributed by atoms with E-state index >= 15 is 0 Å². The molecular formula is C23H21F3N2O3. The summed E-state index contributed by atoms with van der Waals surface area (Å²) in [6.45, 7) is 0.374. The summed E-state index contributed by atoms with van der Waals surface area (Å²) in [6.07, 6.45) is -4.48. The standard InChI is InChI=1S/C23H21F3N2O3/c1-14(16-3-4-18-12-20(31-2)10-7-17(18)11-16)21(29)28-19-8-5-15(6-9-19)22(30)27-13-23(24,25)26/h3-12,14H,13H2,1-2H3,(H,27,30)(H,28,29)/t14-/m0/s1. The van der Waals surface area contributed by atoms with Crippen LogP contribution in [0.2, 0.25) is 0 Å². The number of halogens is 3. The van der Waals surface area contributed by atoms with Gasteiger partial charge in [0, 0.05) is 11.3 Å². The number of carbonyl (C=O) groups is 2. The predicted octanol–water partition coefficient (Wildman–Crippen LogP) is 4.88. The van der Waals surface area contributed by atoms with Gasteiger partial charge >= 0.3 is 6.18 Å². The fraction of sp³-hybridized carbons (Fsp3) is 0.217. The van der Waals surface area contributed by atoms with Crippen LogP contribution in [0.15, 0.2) is 60.7 Å². The van der Waals surface area contributed by atoms with Gasteiger partial charge in [0.25, 0.3) is 5.91 Å². The molecule has 0 heterocycles. The Hall–Kier alpha value is -3.55. The molecule has 31 heavy (non-hydrogen) atoms. The van der Waals surface area contributed by atoms with Crippen molar-refractivity contribution >= 4 is 28.3 Å². The van der Waals surface area contributed by atoms with Crippen molar-refractivity contribution in [3.8, 4) is 5.75 Å². The van der Waals surface area contributed by atoms with Gasteiger partial charge in [-0.3, -0.25) is 9.59 Å². The largest absolute Gasteiger partial charge is 0.497 e. The molecule has 2 amide bonds. The van der Waals surface area contributed by atoms with Crippen LogP contribution >= 0.6 is 0 Å². The van der Waals surface area contributed by atoms with Gasteiger partial charge in [0.2, 0.25) is 5.91 Å². The number of anilines is 1. The van der Waals surface area contributed by atoms with Crippen molar-refractivity contribution in [1.82, 2.24) is 5.32 Å². The normalized spacial score (nSPS) is 12.3. The Kier molecular flexibility index (Phi) is 6.48. The van der Waals surface area contributed by atoms with E-state index in [0.717, 1.165) is 22.1 Å². The van der Waals surface area contributed by atoms with Gasteiger partial charge < -0.3 is 15.4 Å². The first kappa shape index (κ1) is 22.1. The molecule has 0 aliphatic heterocycles. The quantitative estimate of drug-likeness (QED) is 0.586. The van der Waals surface area contributed by atoms with E-state index in [1.807, 2.05) is 36.4 Å². The van der Waals surface area contributed by atoms with Crippen LogP contribution < -0.4 is 15.4 Å². The van der Waals surface area contributed by atoms with Crippen LogP contribution in [-0.2, 0) is 4.79 Å². The zero-order chi connectivity index (χ0) is 22.6. The average molecular weight is 430 g/mol. The second-order valence-electron chi connectivity index (χ2n) is 7.06. The Morgan fingerprint density at radius 3 is 2.26 bits per heavy atom. The summed E-state index contributed by atoms with van der Waals surface area (Å²) in [6, 6.07) is 17.1. The Labute approximate surface area is 177 Å². The maximum atomic E-state index is 12.6. The summed E-state index contributed by atoms with van der Waals surface area (Å²) in [5, 5.41) is 6.53. The number of rotatable bonds is 6. The lowest BCUT2D eigenvalue weighted by molar-refractivity contribution is -0.123. The summed E-state index contributed by atoms with van der Waals surface area (Å²) in [4.78, 5) is 24.4. The van der Waals surface area contributed by atoms with Crippen molar-refractivity contribution in [1.29, 1.82) is 0 Å². The topological polar surface area (TPSA) is 67.4 Å². The van der Waals surface area contributed by atoms with Crippen molar-refractivity contribution in [2.24, 2.45) is 0 Å². The number of alkyl halides is 3. The molecule has 3 aromatic rings. The third-order valence-electron chi connectivity index (χ3n) is 4.83. The highest BCUT2D eigenvalue weighted by atomic mass is 19.4. The summed E-state index contributed by atoms with van der Waals surface area (Å²) in [7, 11) is 1.60. The van der Waals surface area contributed by atoms with E-state index in [2.05, 4.69) is 5.32 Å². The molecule has 0 aromatic heterocycles. The molecule has 0 fully saturated rings. The summed E-state index contributed by atoms with van der Waals surface area (Å²) in [5.74, 6) is -0.777. The van der Waals surface area contributed by atoms with E-state index in [4.69, 9.17) is 4.74 Å². The Balaban J connectivity index is 1.65. The molecule has 0 saturated heterocycles. The van der Waals surface area contributed by atoms with Crippen molar-refractivity contribution in [3.63, 3.8) is 0 Å². The molecule has 162 valence electrons. The molecule has 3 aromatic carbocycles. The van der Waals surface area contributed by atoms with Crippen LogP contribution in [0.5, 0.6) is 5.75 Å². The number of hydrogen-bond acceptors (Lipinski definition) is 3. The number of hydrogen-bond donors (Lipinski definition) is 2. The molecule has 0 radical (unpaired) electrons. The van der Waals surface area contributed by atoms with Crippen molar-refractivity contribution in [3.05, 3.63) is 71.8 Å². The first-order valence-corrected chi connectivity index (χ1v) is 9.50. The zero-order valence-electron chi connectivity index (χ0n) is 16.9. The molecule has 0 aliphatic carbocycles. The maximum Gasteiger partial charge on any atom is 0.405 e. The lowest BCUT2D eigenvalue weighted by atomic mass is 9.97. The third-order valence-corrected chi connectivity index (χ3v) is 4.83. The van der Waals surface area contributed by atoms with Crippen molar-refractivity contribution in [2.45, 2.75) is 19.0 Å². The smallest absolute Gasteiger partial charge is 0.405 e. The molecule has 1 atom stereocenters. The van der Waals surface area contributed by atoms with Gasteiger partial charge in [-0.25, -0.2) is 0 Å². The van der Waals surface area contributed by atoms with Gasteiger partial charge in [-0.05, 0) is 59.7 Å². The number of methoxy groups -OCH3 is 1. The number of amides is 2. The van der Waals surface area contributed by atoms with Gasteiger partial charge in [-0.15, -0.1) is 0 Å². The number of carbonyl (C=O) groups excluding carboxylic acids is 2. The van der Waals surface area contributed by atoms with E-state index in [-0.39, 0.29) is 11.5 Å². The Morgan fingerprint density at radius 2 is 1.61 bits per heavy atom. The van der Waals surface area contributed by atoms with Gasteiger partial charge in [0.05, 0.1) is 13.0 Å². The molecule has 3 rings (SSSR count). The molecule has 0 aliphatic rings. The van der Waals surface area contributed by atoms with Crippen LogP contribution in [0.3, 0.4) is 0 Å². The number of benzene rings is 3. The van der Waals surface area contributed by atoms with E-state index < -0.39 is 24.5 Å². The van der Waals surface area contributed by atoms with E-state index in [1.165, 1.54) is 24.3 Å². The van der Waals surface area contributed by atoms with Gasteiger partial charge in [-0.2, -0.15) is 13.2 Å². The number of fused-ring (bicyclic) bond motifs is 1. The molecule has 0 saturated carbocycles. The average Bonchev–Trinajstić information content (AvgIpc) is 2.76. The van der Waals surface area contributed by atoms with Crippen LogP contribution in [-0.4, -0.2) is 31.6 Å². The van der Waals surface area contributed by atoms with Crippen molar-refractivity contribution < 1.29 is 27.5 Å². The highest BCUT2D eigenvalue weighted by Gasteiger charge is 2.27. The SMILES string of the molecule is COc1ccc2cc([C@H](C)C(=O)Nc3ccc(C(=O)NCC(F)(F)F)cc3)ccc2c1. The Morgan fingerprint density at radius 1 is 0.968 bits per heavy atom. The molecular weight excluding hydrogens is 409 g/mol. The monoisotopic (exact) mass is 430 g/mol. The maximum absolute atomic E-state index is 12.6. The van der Waals surface area contributed by atoms with Gasteiger partial charge in [0.1, 0.15) is 12.3 Å². The first-order chi connectivity index (χ1) is 14.7. The summed E-state index contributed by atoms with van der Waals surface area (Å²) < 4.78 is 41.8. The van der Waals surface area contributed by atoms with Gasteiger partial charge in [0.15, 0.2) is 0 Å². The second-order valence-corrected chi connectivity index (χ2v) is 7.06. The highest BCUT2D eigenvalue weighted by Crippen LogP contribution is 2.26. The van der Waals surface area contributed by atoms with Crippen LogP contribution in [0, 0.1) is 0 Å². The van der Waals surface area contributed by atoms with E-state index in [1.54, 1.807) is 19.4 Å². The molecule has 2 N–H and O–H groups in total. The minimum Gasteiger partial charge on any atom is -0.497 e. The molecule has 0 spiro atoms. The van der Waals surface area contributed by atoms with Crippen LogP contribution in [0.1, 0.15) is 28.8 Å². The Bertz CT molecular complexity index is 1100. The van der Waals surface area contributed by atoms with Crippen LogP contribution in [0.25, 0.3) is 10.8 Å². The highest BCUT2D eigenvalue weighted by molar-refractivity contribution is 5.98. The minimum atomic E-state index is -4.48. The van der Waals surface area contributed by atoms with E-state index in [0.29, 0.717) is 5.69 Å². The molecule has 0 unspecified atom stereocenters. The van der Waals surface area contributed by atoms with E-state index in [9.17, 15) is 22.8 Å². The number of ether oxygens (including phenoxy) is 1. The fourth-order valence-corrected chi connectivity index (χ4v) is 3.03. The fourth-order valence-electron chi connectivity index (χ4n) is 3.03. The summed E-state index contributed by atoms with van der Waals surface area (Å²) in [5.41, 5.74) is 1.34.